The van der Waals surface area contributed by atoms with Crippen LogP contribution in [-0.2, 0) is 9.47 Å². The first-order valence-corrected chi connectivity index (χ1v) is 5.77. The van der Waals surface area contributed by atoms with Gasteiger partial charge in [0.2, 0.25) is 5.72 Å². The molecule has 18 heteroatoms. The van der Waals surface area contributed by atoms with Gasteiger partial charge in [0.1, 0.15) is 22.9 Å². The van der Waals surface area contributed by atoms with Crippen molar-refractivity contribution in [3.63, 3.8) is 0 Å². The average Bonchev–Trinajstić information content (AvgIpc) is 2.86. The maximum Gasteiger partial charge on any atom is 0.613 e. The molecular formula is C7H6F8N4O6. The van der Waals surface area contributed by atoms with E-state index in [1.165, 1.54) is 0 Å². The molecule has 0 amide bonds. The molecule has 0 aromatic carbocycles. The van der Waals surface area contributed by atoms with Crippen LogP contribution in [0.4, 0.5) is 35.5 Å². The monoisotopic (exact) mass is 394 g/mol. The summed E-state index contributed by atoms with van der Waals surface area (Å²) in [7, 11) is 0. The van der Waals surface area contributed by atoms with Crippen molar-refractivity contribution in [1.29, 1.82) is 0 Å². The molecule has 1 fully saturated rings. The van der Waals surface area contributed by atoms with Gasteiger partial charge in [-0.3, -0.25) is 25.0 Å². The third kappa shape index (κ3) is 3.41. The molecule has 0 saturated carbocycles. The van der Waals surface area contributed by atoms with Crippen molar-refractivity contribution in [2.45, 2.75) is 36.6 Å². The van der Waals surface area contributed by atoms with E-state index in [-0.39, 0.29) is 0 Å². The molecule has 0 aromatic rings. The summed E-state index contributed by atoms with van der Waals surface area (Å²) < 4.78 is 110. The maximum atomic E-state index is 13.6. The van der Waals surface area contributed by atoms with Gasteiger partial charge < -0.3 is 4.74 Å². The van der Waals surface area contributed by atoms with Crippen molar-refractivity contribution in [1.82, 2.24) is 10.7 Å². The van der Waals surface area contributed by atoms with Gasteiger partial charge in [-0.05, 0) is 0 Å². The minimum absolute atomic E-state index is 1.87. The largest absolute Gasteiger partial charge is 0.613 e. The van der Waals surface area contributed by atoms with E-state index in [2.05, 4.69) is 9.47 Å². The lowest BCUT2D eigenvalue weighted by atomic mass is 10.1. The zero-order valence-electron chi connectivity index (χ0n) is 11.4. The Hall–Kier alpha value is -1.92. The smallest absolute Gasteiger partial charge is 0.322 e. The highest BCUT2D eigenvalue weighted by Crippen LogP contribution is 2.49. The fourth-order valence-corrected chi connectivity index (χ4v) is 1.74. The van der Waals surface area contributed by atoms with E-state index in [4.69, 9.17) is 0 Å². The topological polar surface area (TPSA) is 111 Å². The van der Waals surface area contributed by atoms with Crippen molar-refractivity contribution in [2.75, 3.05) is 6.61 Å². The first-order valence-electron chi connectivity index (χ1n) is 5.77. The number of ether oxygens (including phenoxy) is 2. The SMILES string of the molecule is O=[N+]([O-])C(F)(CCC1(N(F)F)COC(N(F)F)(C(F)(F)F)O1)[N+](=O)[O-]. The molecule has 10 nitrogen and oxygen atoms in total. The number of alkyl halides is 4. The average molecular weight is 394 g/mol. The first kappa shape index (κ1) is 21.1. The van der Waals surface area contributed by atoms with Gasteiger partial charge >= 0.3 is 18.0 Å². The van der Waals surface area contributed by atoms with Crippen LogP contribution in [0, 0.1) is 20.2 Å². The Morgan fingerprint density at radius 3 is 1.76 bits per heavy atom. The van der Waals surface area contributed by atoms with Crippen LogP contribution in [0.1, 0.15) is 12.8 Å². The minimum Gasteiger partial charge on any atom is -0.322 e. The van der Waals surface area contributed by atoms with E-state index in [0.29, 0.717) is 0 Å². The van der Waals surface area contributed by atoms with Crippen LogP contribution in [-0.4, -0.2) is 50.9 Å². The van der Waals surface area contributed by atoms with Gasteiger partial charge in [0.05, 0.1) is 10.7 Å². The number of nitrogens with zero attached hydrogens (tertiary/aromatic N) is 4. The van der Waals surface area contributed by atoms with Gasteiger partial charge in [-0.1, -0.05) is 22.3 Å². The molecule has 0 spiro atoms. The third-order valence-electron chi connectivity index (χ3n) is 3.10. The molecule has 2 atom stereocenters. The van der Waals surface area contributed by atoms with Crippen molar-refractivity contribution in [3.05, 3.63) is 20.2 Å². The van der Waals surface area contributed by atoms with E-state index < -0.39 is 63.7 Å². The van der Waals surface area contributed by atoms with Gasteiger partial charge in [0.25, 0.3) is 0 Å². The molecule has 1 saturated heterocycles. The highest BCUT2D eigenvalue weighted by Gasteiger charge is 2.74. The normalized spacial score (nSPS) is 27.9. The molecule has 0 N–H and O–H groups in total. The number of halogens is 8. The highest BCUT2D eigenvalue weighted by atomic mass is 19.4. The Morgan fingerprint density at radius 1 is 1.00 bits per heavy atom. The Labute approximate surface area is 130 Å². The molecule has 2 unspecified atom stereocenters. The molecule has 1 rings (SSSR count). The fourth-order valence-electron chi connectivity index (χ4n) is 1.74. The molecule has 0 aliphatic carbocycles. The van der Waals surface area contributed by atoms with Crippen LogP contribution < -0.4 is 0 Å². The maximum absolute atomic E-state index is 13.6. The molecule has 1 aliphatic rings. The number of hydrogen-bond acceptors (Lipinski definition) is 8. The second kappa shape index (κ2) is 6.42. The predicted molar refractivity (Wildman–Crippen MR) is 53.7 cm³/mol. The number of nitro groups is 2. The second-order valence-corrected chi connectivity index (χ2v) is 4.62. The molecule has 1 heterocycles. The minimum atomic E-state index is -6.09. The third-order valence-corrected chi connectivity index (χ3v) is 3.10. The Balaban J connectivity index is 3.17. The summed E-state index contributed by atoms with van der Waals surface area (Å²) in [5.74, 6) is -9.55. The standard InChI is InChI=1S/C7H6F8N4O6/c8-5(18(20)21,19(22)23)2-1-4(16(12)13)3-24-7(25-4,17(14)15)6(9,10)11/h1-3H2. The van der Waals surface area contributed by atoms with E-state index in [9.17, 15) is 55.7 Å². The van der Waals surface area contributed by atoms with Crippen LogP contribution in [0.5, 0.6) is 0 Å². The van der Waals surface area contributed by atoms with Crippen LogP contribution in [0.3, 0.4) is 0 Å². The van der Waals surface area contributed by atoms with E-state index in [0.717, 1.165) is 0 Å². The molecular weight excluding hydrogens is 388 g/mol. The van der Waals surface area contributed by atoms with Gasteiger partial charge in [-0.15, -0.1) is 0 Å². The quantitative estimate of drug-likeness (QED) is 0.161. The van der Waals surface area contributed by atoms with Gasteiger partial charge in [-0.2, -0.15) is 13.2 Å². The molecule has 1 aliphatic heterocycles. The molecule has 0 bridgehead atoms. The summed E-state index contributed by atoms with van der Waals surface area (Å²) in [5.41, 5.74) is -3.77. The van der Waals surface area contributed by atoms with Crippen molar-refractivity contribution in [3.8, 4) is 0 Å². The summed E-state index contributed by atoms with van der Waals surface area (Å²) in [6.07, 6.45) is -10.00. The molecule has 25 heavy (non-hydrogen) atoms. The number of rotatable bonds is 7. The van der Waals surface area contributed by atoms with Crippen molar-refractivity contribution < 1.29 is 54.8 Å². The summed E-state index contributed by atoms with van der Waals surface area (Å²) in [4.78, 5) is 16.4. The lowest BCUT2D eigenvalue weighted by Crippen LogP contribution is -2.57. The first-order chi connectivity index (χ1) is 11.1. The summed E-state index contributed by atoms with van der Waals surface area (Å²) >= 11 is 0. The zero-order valence-corrected chi connectivity index (χ0v) is 11.4. The van der Waals surface area contributed by atoms with E-state index in [1.807, 2.05) is 0 Å². The summed E-state index contributed by atoms with van der Waals surface area (Å²) in [5, 5.41) is 15.7. The van der Waals surface area contributed by atoms with Gasteiger partial charge in [0.15, 0.2) is 0 Å². The summed E-state index contributed by atoms with van der Waals surface area (Å²) in [6.45, 7) is -1.96. The predicted octanol–water partition coefficient (Wildman–Crippen LogP) is 2.04. The van der Waals surface area contributed by atoms with E-state index >= 15 is 0 Å². The van der Waals surface area contributed by atoms with Crippen LogP contribution in [0.15, 0.2) is 0 Å². The highest BCUT2D eigenvalue weighted by molar-refractivity contribution is 4.89. The number of hydrogen-bond donors (Lipinski definition) is 0. The fraction of sp³-hybridized carbons (Fsp3) is 1.00. The lowest BCUT2D eigenvalue weighted by Gasteiger charge is -2.32. The van der Waals surface area contributed by atoms with E-state index in [1.54, 1.807) is 0 Å². The van der Waals surface area contributed by atoms with Crippen molar-refractivity contribution >= 4 is 0 Å². The van der Waals surface area contributed by atoms with Gasteiger partial charge in [-0.25, -0.2) is 0 Å². The van der Waals surface area contributed by atoms with Gasteiger partial charge in [0, 0.05) is 6.42 Å². The Morgan fingerprint density at radius 2 is 1.48 bits per heavy atom. The molecule has 0 aromatic heterocycles. The van der Waals surface area contributed by atoms with Crippen LogP contribution >= 0.6 is 0 Å². The summed E-state index contributed by atoms with van der Waals surface area (Å²) in [6, 6.07) is 0. The Kier molecular flexibility index (Phi) is 5.43. The van der Waals surface area contributed by atoms with Crippen molar-refractivity contribution in [2.24, 2.45) is 0 Å². The Bertz CT molecular complexity index is 534. The lowest BCUT2D eigenvalue weighted by molar-refractivity contribution is -0.832. The van der Waals surface area contributed by atoms with Crippen LogP contribution in [0.25, 0.3) is 0 Å². The van der Waals surface area contributed by atoms with Crippen LogP contribution in [0.2, 0.25) is 0 Å². The zero-order chi connectivity index (χ0) is 19.8. The molecule has 0 radical (unpaired) electrons. The molecule has 146 valence electrons. The second-order valence-electron chi connectivity index (χ2n) is 4.62.